The number of aromatic amines is 1. The minimum atomic E-state index is -4.52. The quantitative estimate of drug-likeness (QED) is 0.400. The van der Waals surface area contributed by atoms with Gasteiger partial charge >= 0.3 is 6.18 Å². The molecule has 4 aromatic rings. The maximum absolute atomic E-state index is 13.4. The number of aromatic nitrogens is 6. The summed E-state index contributed by atoms with van der Waals surface area (Å²) in [5.41, 5.74) is 0.507. The smallest absolute Gasteiger partial charge is 0.352 e. The predicted octanol–water partition coefficient (Wildman–Crippen LogP) is 3.97. The van der Waals surface area contributed by atoms with Crippen LogP contribution in [0, 0.1) is 5.92 Å². The average molecular weight is 532 g/mol. The fourth-order valence-corrected chi connectivity index (χ4v) is 5.02. The monoisotopic (exact) mass is 532 g/mol. The highest BCUT2D eigenvalue weighted by Gasteiger charge is 2.51. The molecule has 1 aliphatic heterocycles. The van der Waals surface area contributed by atoms with E-state index in [0.29, 0.717) is 30.2 Å². The summed E-state index contributed by atoms with van der Waals surface area (Å²) in [6, 6.07) is 3.46. The summed E-state index contributed by atoms with van der Waals surface area (Å²) in [6.45, 7) is 0.974. The maximum Gasteiger partial charge on any atom is 0.417 e. The standard InChI is InChI=1S/C24H21F5N8O/c25-23(26)7-14(8-23)22(38)36-6-5-35(13-18(36)15-9-32-33-10-15)20-3-4-30-21(34-20)17-11-31-19-2-1-16(12-37(17)19)24(27,28)29/h1-4,9-12,14,18H,5-8,13H2,(H,32,33). The number of halogens is 5. The molecule has 198 valence electrons. The van der Waals surface area contributed by atoms with Gasteiger partial charge in [0.1, 0.15) is 17.2 Å². The zero-order valence-electron chi connectivity index (χ0n) is 19.7. The Kier molecular flexibility index (Phi) is 5.58. The number of pyridine rings is 1. The number of hydrogen-bond donors (Lipinski definition) is 1. The Morgan fingerprint density at radius 1 is 1.08 bits per heavy atom. The van der Waals surface area contributed by atoms with Gasteiger partial charge in [-0.1, -0.05) is 0 Å². The van der Waals surface area contributed by atoms with Gasteiger partial charge in [0, 0.05) is 62.5 Å². The van der Waals surface area contributed by atoms with Gasteiger partial charge in [-0.2, -0.15) is 18.3 Å². The number of carbonyl (C=O) groups is 1. The van der Waals surface area contributed by atoms with Gasteiger partial charge in [-0.3, -0.25) is 14.3 Å². The van der Waals surface area contributed by atoms with Gasteiger partial charge in [-0.25, -0.2) is 23.7 Å². The van der Waals surface area contributed by atoms with E-state index in [1.165, 1.54) is 22.9 Å². The molecular formula is C24H21F5N8O. The van der Waals surface area contributed by atoms with Gasteiger partial charge in [0.05, 0.1) is 24.0 Å². The zero-order chi connectivity index (χ0) is 26.7. The summed E-state index contributed by atoms with van der Waals surface area (Å²) in [7, 11) is 0. The summed E-state index contributed by atoms with van der Waals surface area (Å²) in [4.78, 5) is 29.6. The molecule has 1 amide bonds. The molecule has 1 atom stereocenters. The first-order chi connectivity index (χ1) is 18.1. The van der Waals surface area contributed by atoms with Crippen molar-refractivity contribution in [1.29, 1.82) is 0 Å². The number of hydrogen-bond acceptors (Lipinski definition) is 6. The Labute approximate surface area is 212 Å². The second-order valence-corrected chi connectivity index (χ2v) is 9.51. The molecule has 4 aromatic heterocycles. The second kappa shape index (κ2) is 8.74. The van der Waals surface area contributed by atoms with E-state index >= 15 is 0 Å². The van der Waals surface area contributed by atoms with E-state index in [1.54, 1.807) is 23.4 Å². The lowest BCUT2D eigenvalue weighted by Crippen LogP contribution is -2.55. The van der Waals surface area contributed by atoms with Crippen molar-refractivity contribution in [2.75, 3.05) is 24.5 Å². The number of anilines is 1. The van der Waals surface area contributed by atoms with E-state index in [9.17, 15) is 26.7 Å². The SMILES string of the molecule is O=C(C1CC(F)(F)C1)N1CCN(c2ccnc(-c3cnc4ccc(C(F)(F)F)cn34)n2)CC1c1cn[nH]c1. The van der Waals surface area contributed by atoms with E-state index in [2.05, 4.69) is 25.1 Å². The van der Waals surface area contributed by atoms with Crippen LogP contribution in [0.2, 0.25) is 0 Å². The zero-order valence-corrected chi connectivity index (χ0v) is 19.7. The van der Waals surface area contributed by atoms with Crippen LogP contribution in [-0.4, -0.2) is 65.9 Å². The lowest BCUT2D eigenvalue weighted by atomic mass is 9.80. The number of amides is 1. The molecule has 0 bridgehead atoms. The lowest BCUT2D eigenvalue weighted by Gasteiger charge is -2.45. The topological polar surface area (TPSA) is 95.3 Å². The molecule has 14 heteroatoms. The molecule has 1 saturated carbocycles. The molecular weight excluding hydrogens is 511 g/mol. The van der Waals surface area contributed by atoms with Crippen LogP contribution in [0.15, 0.2) is 49.2 Å². The van der Waals surface area contributed by atoms with Crippen molar-refractivity contribution in [2.24, 2.45) is 5.92 Å². The molecule has 1 saturated heterocycles. The van der Waals surface area contributed by atoms with E-state index < -0.39 is 42.5 Å². The van der Waals surface area contributed by atoms with Crippen molar-refractivity contribution in [3.63, 3.8) is 0 Å². The number of imidazole rings is 1. The average Bonchev–Trinajstić information content (AvgIpc) is 3.56. The van der Waals surface area contributed by atoms with Crippen LogP contribution < -0.4 is 4.90 Å². The largest absolute Gasteiger partial charge is 0.417 e. The van der Waals surface area contributed by atoms with Crippen molar-refractivity contribution >= 4 is 17.4 Å². The number of H-pyrrole nitrogens is 1. The fourth-order valence-electron chi connectivity index (χ4n) is 5.02. The van der Waals surface area contributed by atoms with E-state index in [1.807, 2.05) is 4.90 Å². The molecule has 1 N–H and O–H groups in total. The predicted molar refractivity (Wildman–Crippen MR) is 124 cm³/mol. The summed E-state index contributed by atoms with van der Waals surface area (Å²) < 4.78 is 68.0. The Bertz CT molecular complexity index is 1480. The van der Waals surface area contributed by atoms with Crippen LogP contribution in [0.25, 0.3) is 17.2 Å². The number of piperazine rings is 1. The number of fused-ring (bicyclic) bond motifs is 1. The number of nitrogens with one attached hydrogen (secondary N) is 1. The third-order valence-corrected chi connectivity index (χ3v) is 7.03. The molecule has 9 nitrogen and oxygen atoms in total. The molecule has 2 fully saturated rings. The van der Waals surface area contributed by atoms with Crippen molar-refractivity contribution < 1.29 is 26.7 Å². The van der Waals surface area contributed by atoms with Crippen molar-refractivity contribution in [3.05, 3.63) is 60.3 Å². The van der Waals surface area contributed by atoms with E-state index in [-0.39, 0.29) is 18.3 Å². The molecule has 2 aliphatic rings. The van der Waals surface area contributed by atoms with Gasteiger partial charge in [-0.15, -0.1) is 0 Å². The van der Waals surface area contributed by atoms with Gasteiger partial charge in [0.25, 0.3) is 0 Å². The van der Waals surface area contributed by atoms with Gasteiger partial charge in [0.15, 0.2) is 5.82 Å². The minimum Gasteiger partial charge on any atom is -0.352 e. The number of nitrogens with zero attached hydrogens (tertiary/aromatic N) is 7. The normalized spacial score (nSPS) is 20.1. The van der Waals surface area contributed by atoms with Crippen molar-refractivity contribution in [3.8, 4) is 11.5 Å². The van der Waals surface area contributed by atoms with Crippen LogP contribution in [0.3, 0.4) is 0 Å². The summed E-state index contributed by atoms with van der Waals surface area (Å²) in [5, 5.41) is 6.70. The van der Waals surface area contributed by atoms with Crippen molar-refractivity contribution in [1.82, 2.24) is 34.4 Å². The third kappa shape index (κ3) is 4.33. The fraction of sp³-hybridized carbons (Fsp3) is 0.375. The van der Waals surface area contributed by atoms with Crippen LogP contribution in [0.4, 0.5) is 27.8 Å². The van der Waals surface area contributed by atoms with Crippen LogP contribution in [0.1, 0.15) is 30.0 Å². The Balaban J connectivity index is 1.28. The number of rotatable bonds is 4. The third-order valence-electron chi connectivity index (χ3n) is 7.03. The second-order valence-electron chi connectivity index (χ2n) is 9.51. The Morgan fingerprint density at radius 3 is 2.61 bits per heavy atom. The molecule has 6 rings (SSSR count). The Hall–Kier alpha value is -4.10. The number of carbonyl (C=O) groups excluding carboxylic acids is 1. The lowest BCUT2D eigenvalue weighted by molar-refractivity contribution is -0.162. The van der Waals surface area contributed by atoms with Crippen molar-refractivity contribution in [2.45, 2.75) is 31.0 Å². The van der Waals surface area contributed by atoms with Gasteiger partial charge in [-0.05, 0) is 18.2 Å². The van der Waals surface area contributed by atoms with Crippen LogP contribution in [0.5, 0.6) is 0 Å². The summed E-state index contributed by atoms with van der Waals surface area (Å²) in [6.07, 6.45) is 1.70. The maximum atomic E-state index is 13.4. The summed E-state index contributed by atoms with van der Waals surface area (Å²) >= 11 is 0. The molecule has 5 heterocycles. The first-order valence-electron chi connectivity index (χ1n) is 11.9. The number of alkyl halides is 5. The van der Waals surface area contributed by atoms with Gasteiger partial charge in [0.2, 0.25) is 11.8 Å². The molecule has 38 heavy (non-hydrogen) atoms. The molecule has 1 aliphatic carbocycles. The molecule has 1 unspecified atom stereocenters. The highest BCUT2D eigenvalue weighted by atomic mass is 19.4. The van der Waals surface area contributed by atoms with Gasteiger partial charge < -0.3 is 9.80 Å². The van der Waals surface area contributed by atoms with E-state index in [4.69, 9.17) is 0 Å². The summed E-state index contributed by atoms with van der Waals surface area (Å²) in [5.74, 6) is -3.13. The molecule has 0 radical (unpaired) electrons. The highest BCUT2D eigenvalue weighted by molar-refractivity contribution is 5.81. The molecule has 0 aromatic carbocycles. The Morgan fingerprint density at radius 2 is 1.89 bits per heavy atom. The minimum absolute atomic E-state index is 0.185. The van der Waals surface area contributed by atoms with Crippen LogP contribution >= 0.6 is 0 Å². The first kappa shape index (κ1) is 24.2. The highest BCUT2D eigenvalue weighted by Crippen LogP contribution is 2.44. The van der Waals surface area contributed by atoms with Crippen LogP contribution in [-0.2, 0) is 11.0 Å². The first-order valence-corrected chi connectivity index (χ1v) is 11.9. The van der Waals surface area contributed by atoms with E-state index in [0.717, 1.165) is 17.8 Å². The molecule has 0 spiro atoms.